The largest absolute Gasteiger partial charge is 0.352 e. The summed E-state index contributed by atoms with van der Waals surface area (Å²) >= 11 is 5.94. The quantitative estimate of drug-likeness (QED) is 0.871. The summed E-state index contributed by atoms with van der Waals surface area (Å²) in [7, 11) is 0. The molecule has 0 N–H and O–H groups in total. The van der Waals surface area contributed by atoms with Crippen molar-refractivity contribution in [2.75, 3.05) is 37.6 Å². The Labute approximate surface area is 135 Å². The fourth-order valence-electron chi connectivity index (χ4n) is 2.67. The highest BCUT2D eigenvalue weighted by molar-refractivity contribution is 6.30. The first-order valence-electron chi connectivity index (χ1n) is 7.62. The number of benzene rings is 1. The molecule has 116 valence electrons. The highest BCUT2D eigenvalue weighted by Gasteiger charge is 2.20. The summed E-state index contributed by atoms with van der Waals surface area (Å²) < 4.78 is 0. The van der Waals surface area contributed by atoms with Crippen LogP contribution in [-0.2, 0) is 0 Å². The van der Waals surface area contributed by atoms with Crippen LogP contribution in [0.5, 0.6) is 0 Å². The highest BCUT2D eigenvalue weighted by Crippen LogP contribution is 2.22. The van der Waals surface area contributed by atoms with Crippen LogP contribution in [0.15, 0.2) is 24.3 Å². The summed E-state index contributed by atoms with van der Waals surface area (Å²) in [6, 6.07) is 7.54. The molecule has 1 fully saturated rings. The molecule has 1 aliphatic heterocycles. The van der Waals surface area contributed by atoms with Crippen LogP contribution in [0.3, 0.4) is 0 Å². The van der Waals surface area contributed by atoms with Crippen molar-refractivity contribution in [2.24, 2.45) is 0 Å². The van der Waals surface area contributed by atoms with Crippen LogP contribution in [0.1, 0.15) is 12.6 Å². The second-order valence-corrected chi connectivity index (χ2v) is 5.91. The molecule has 6 heteroatoms. The number of hydrogen-bond acceptors (Lipinski definition) is 5. The van der Waals surface area contributed by atoms with Gasteiger partial charge in [-0.3, -0.25) is 0 Å². The lowest BCUT2D eigenvalue weighted by molar-refractivity contribution is 0.270. The van der Waals surface area contributed by atoms with Gasteiger partial charge in [-0.15, -0.1) is 10.2 Å². The number of aromatic nitrogens is 3. The Kier molecular flexibility index (Phi) is 4.55. The van der Waals surface area contributed by atoms with Crippen molar-refractivity contribution in [3.8, 4) is 11.4 Å². The Bertz CT molecular complexity index is 635. The van der Waals surface area contributed by atoms with Crippen molar-refractivity contribution in [1.82, 2.24) is 20.1 Å². The molecular weight excluding hydrogens is 298 g/mol. The van der Waals surface area contributed by atoms with Gasteiger partial charge >= 0.3 is 0 Å². The molecule has 0 aliphatic carbocycles. The van der Waals surface area contributed by atoms with Crippen molar-refractivity contribution >= 4 is 17.4 Å². The number of nitrogens with zero attached hydrogens (tertiary/aromatic N) is 5. The van der Waals surface area contributed by atoms with Crippen LogP contribution in [0.25, 0.3) is 11.4 Å². The molecule has 1 aromatic carbocycles. The zero-order valence-electron chi connectivity index (χ0n) is 13.0. The molecule has 0 bridgehead atoms. The molecule has 1 saturated heterocycles. The summed E-state index contributed by atoms with van der Waals surface area (Å²) in [5.74, 6) is 1.59. The number of piperazine rings is 1. The molecule has 0 saturated carbocycles. The summed E-state index contributed by atoms with van der Waals surface area (Å²) in [5.41, 5.74) is 1.81. The number of likely N-dealkylation sites (N-methyl/N-ethyl adjacent to an activating group) is 1. The van der Waals surface area contributed by atoms with E-state index >= 15 is 0 Å². The van der Waals surface area contributed by atoms with E-state index in [0.717, 1.165) is 49.8 Å². The SMILES string of the molecule is CCN1CCN(c2nc(-c3ccc(Cl)cc3)nnc2C)CC1. The van der Waals surface area contributed by atoms with Gasteiger partial charge in [0.05, 0.1) is 0 Å². The van der Waals surface area contributed by atoms with Gasteiger partial charge in [-0.05, 0) is 37.7 Å². The predicted molar refractivity (Wildman–Crippen MR) is 89.3 cm³/mol. The minimum Gasteiger partial charge on any atom is -0.352 e. The van der Waals surface area contributed by atoms with E-state index in [1.165, 1.54) is 0 Å². The average Bonchev–Trinajstić information content (AvgIpc) is 2.56. The van der Waals surface area contributed by atoms with E-state index in [9.17, 15) is 0 Å². The summed E-state index contributed by atoms with van der Waals surface area (Å²) in [5, 5.41) is 9.22. The van der Waals surface area contributed by atoms with Crippen molar-refractivity contribution in [2.45, 2.75) is 13.8 Å². The second-order valence-electron chi connectivity index (χ2n) is 5.47. The maximum Gasteiger partial charge on any atom is 0.183 e. The fourth-order valence-corrected chi connectivity index (χ4v) is 2.79. The van der Waals surface area contributed by atoms with Gasteiger partial charge in [0.15, 0.2) is 11.6 Å². The van der Waals surface area contributed by atoms with Gasteiger partial charge < -0.3 is 9.80 Å². The minimum absolute atomic E-state index is 0.648. The first kappa shape index (κ1) is 15.2. The molecule has 5 nitrogen and oxygen atoms in total. The third-order valence-corrected chi connectivity index (χ3v) is 4.30. The van der Waals surface area contributed by atoms with Crippen LogP contribution >= 0.6 is 11.6 Å². The van der Waals surface area contributed by atoms with Gasteiger partial charge in [-0.2, -0.15) is 0 Å². The molecule has 1 aliphatic rings. The van der Waals surface area contributed by atoms with E-state index in [1.807, 2.05) is 31.2 Å². The molecule has 1 aromatic heterocycles. The standard InChI is InChI=1S/C16H20ClN5/c1-3-21-8-10-22(11-9-21)16-12(2)19-20-15(18-16)13-4-6-14(17)7-5-13/h4-7H,3,8-11H2,1-2H3. The molecule has 2 aromatic rings. The van der Waals surface area contributed by atoms with Crippen LogP contribution in [-0.4, -0.2) is 52.8 Å². The number of halogens is 1. The van der Waals surface area contributed by atoms with Crippen LogP contribution in [0, 0.1) is 6.92 Å². The Morgan fingerprint density at radius 1 is 1.05 bits per heavy atom. The van der Waals surface area contributed by atoms with E-state index in [1.54, 1.807) is 0 Å². The molecule has 0 radical (unpaired) electrons. The van der Waals surface area contributed by atoms with Crippen molar-refractivity contribution < 1.29 is 0 Å². The van der Waals surface area contributed by atoms with Gasteiger partial charge in [0.1, 0.15) is 5.69 Å². The molecule has 0 atom stereocenters. The third kappa shape index (κ3) is 3.20. The third-order valence-electron chi connectivity index (χ3n) is 4.05. The number of aryl methyl sites for hydroxylation is 1. The maximum atomic E-state index is 5.94. The molecule has 3 rings (SSSR count). The second kappa shape index (κ2) is 6.58. The predicted octanol–water partition coefficient (Wildman–Crippen LogP) is 2.64. The Morgan fingerprint density at radius 3 is 2.36 bits per heavy atom. The summed E-state index contributed by atoms with van der Waals surface area (Å²) in [6.07, 6.45) is 0. The lowest BCUT2D eigenvalue weighted by Gasteiger charge is -2.35. The lowest BCUT2D eigenvalue weighted by atomic mass is 10.2. The number of anilines is 1. The van der Waals surface area contributed by atoms with Gasteiger partial charge in [0, 0.05) is 36.8 Å². The maximum absolute atomic E-state index is 5.94. The van der Waals surface area contributed by atoms with Gasteiger partial charge in [-0.25, -0.2) is 4.98 Å². The first-order chi connectivity index (χ1) is 10.7. The molecule has 0 spiro atoms. The first-order valence-corrected chi connectivity index (χ1v) is 7.99. The molecule has 0 unspecified atom stereocenters. The summed E-state index contributed by atoms with van der Waals surface area (Å²) in [6.45, 7) is 9.36. The Balaban J connectivity index is 1.86. The van der Waals surface area contributed by atoms with Gasteiger partial charge in [-0.1, -0.05) is 18.5 Å². The van der Waals surface area contributed by atoms with E-state index in [4.69, 9.17) is 16.6 Å². The van der Waals surface area contributed by atoms with Crippen LogP contribution in [0.2, 0.25) is 5.02 Å². The molecular formula is C16H20ClN5. The Hall–Kier alpha value is -1.72. The smallest absolute Gasteiger partial charge is 0.183 e. The monoisotopic (exact) mass is 317 g/mol. The fraction of sp³-hybridized carbons (Fsp3) is 0.438. The topological polar surface area (TPSA) is 45.2 Å². The van der Waals surface area contributed by atoms with Crippen molar-refractivity contribution in [1.29, 1.82) is 0 Å². The number of hydrogen-bond donors (Lipinski definition) is 0. The molecule has 0 amide bonds. The average molecular weight is 318 g/mol. The zero-order chi connectivity index (χ0) is 15.5. The van der Waals surface area contributed by atoms with E-state index in [-0.39, 0.29) is 0 Å². The normalized spacial score (nSPS) is 16.0. The van der Waals surface area contributed by atoms with Crippen LogP contribution in [0.4, 0.5) is 5.82 Å². The summed E-state index contributed by atoms with van der Waals surface area (Å²) in [4.78, 5) is 9.48. The van der Waals surface area contributed by atoms with Crippen LogP contribution < -0.4 is 4.90 Å². The Morgan fingerprint density at radius 2 is 1.73 bits per heavy atom. The van der Waals surface area contributed by atoms with Crippen molar-refractivity contribution in [3.05, 3.63) is 35.0 Å². The van der Waals surface area contributed by atoms with E-state index < -0.39 is 0 Å². The number of rotatable bonds is 3. The van der Waals surface area contributed by atoms with Crippen molar-refractivity contribution in [3.63, 3.8) is 0 Å². The molecule has 2 heterocycles. The van der Waals surface area contributed by atoms with E-state index in [0.29, 0.717) is 10.8 Å². The highest BCUT2D eigenvalue weighted by atomic mass is 35.5. The van der Waals surface area contributed by atoms with Gasteiger partial charge in [0.25, 0.3) is 0 Å². The lowest BCUT2D eigenvalue weighted by Crippen LogP contribution is -2.46. The van der Waals surface area contributed by atoms with E-state index in [2.05, 4.69) is 26.9 Å². The van der Waals surface area contributed by atoms with Gasteiger partial charge in [0.2, 0.25) is 0 Å². The molecule has 22 heavy (non-hydrogen) atoms. The minimum atomic E-state index is 0.648. The zero-order valence-corrected chi connectivity index (χ0v) is 13.7.